The van der Waals surface area contributed by atoms with Crippen molar-refractivity contribution < 1.29 is 32.9 Å². The molecular formula is C42H84N2O6P+. The highest BCUT2D eigenvalue weighted by Gasteiger charge is 2.27. The van der Waals surface area contributed by atoms with Gasteiger partial charge in [-0.05, 0) is 32.1 Å². The molecule has 0 radical (unpaired) electrons. The van der Waals surface area contributed by atoms with Gasteiger partial charge in [0.1, 0.15) is 13.2 Å². The molecule has 0 spiro atoms. The fraction of sp³-hybridized carbons (Fsp3) is 0.881. The number of hydrogen-bond donors (Lipinski definition) is 3. The molecule has 3 atom stereocenters. The minimum atomic E-state index is -4.34. The molecule has 0 aliphatic carbocycles. The zero-order chi connectivity index (χ0) is 37.9. The highest BCUT2D eigenvalue weighted by Crippen LogP contribution is 2.43. The van der Waals surface area contributed by atoms with Gasteiger partial charge in [-0.15, -0.1) is 0 Å². The lowest BCUT2D eigenvalue weighted by Crippen LogP contribution is -2.45. The maximum Gasteiger partial charge on any atom is 0.472 e. The maximum absolute atomic E-state index is 12.8. The molecule has 9 heteroatoms. The first-order valence-corrected chi connectivity index (χ1v) is 22.7. The van der Waals surface area contributed by atoms with Gasteiger partial charge < -0.3 is 19.8 Å². The first kappa shape index (κ1) is 50.0. The topological polar surface area (TPSA) is 105 Å². The molecule has 1 amide bonds. The molecular weight excluding hydrogens is 659 g/mol. The second-order valence-corrected chi connectivity index (χ2v) is 17.2. The highest BCUT2D eigenvalue weighted by molar-refractivity contribution is 7.47. The number of unbranched alkanes of at least 4 members (excludes halogenated alkanes) is 23. The summed E-state index contributed by atoms with van der Waals surface area (Å²) >= 11 is 0. The van der Waals surface area contributed by atoms with E-state index in [1.54, 1.807) is 6.08 Å². The van der Waals surface area contributed by atoms with Gasteiger partial charge >= 0.3 is 7.82 Å². The Labute approximate surface area is 315 Å². The summed E-state index contributed by atoms with van der Waals surface area (Å²) in [6.45, 7) is 4.78. The second kappa shape index (κ2) is 34.7. The summed E-state index contributed by atoms with van der Waals surface area (Å²) in [6, 6.07) is -0.856. The van der Waals surface area contributed by atoms with E-state index in [0.717, 1.165) is 38.5 Å². The summed E-state index contributed by atoms with van der Waals surface area (Å²) in [5, 5.41) is 13.8. The van der Waals surface area contributed by atoms with Crippen LogP contribution in [-0.4, -0.2) is 73.4 Å². The van der Waals surface area contributed by atoms with Crippen LogP contribution in [0.4, 0.5) is 0 Å². The molecule has 0 fully saturated rings. The number of allylic oxidation sites excluding steroid dienone is 3. The van der Waals surface area contributed by atoms with Gasteiger partial charge in [0.2, 0.25) is 5.91 Å². The van der Waals surface area contributed by atoms with Gasteiger partial charge in [-0.25, -0.2) is 4.57 Å². The molecule has 0 heterocycles. The zero-order valence-electron chi connectivity index (χ0n) is 34.1. The van der Waals surface area contributed by atoms with E-state index in [1.165, 1.54) is 128 Å². The Balaban J connectivity index is 4.50. The van der Waals surface area contributed by atoms with E-state index in [9.17, 15) is 19.4 Å². The van der Waals surface area contributed by atoms with Crippen LogP contribution in [0, 0.1) is 0 Å². The monoisotopic (exact) mass is 744 g/mol. The van der Waals surface area contributed by atoms with Crippen molar-refractivity contribution in [2.45, 2.75) is 199 Å². The third kappa shape index (κ3) is 37.1. The number of quaternary nitrogens is 1. The van der Waals surface area contributed by atoms with Gasteiger partial charge in [0.25, 0.3) is 0 Å². The molecule has 0 bridgehead atoms. The van der Waals surface area contributed by atoms with E-state index < -0.39 is 20.0 Å². The van der Waals surface area contributed by atoms with E-state index in [0.29, 0.717) is 17.4 Å². The van der Waals surface area contributed by atoms with Crippen molar-refractivity contribution >= 4 is 13.7 Å². The normalized spacial score (nSPS) is 14.7. The van der Waals surface area contributed by atoms with Gasteiger partial charge in [0.05, 0.1) is 39.9 Å². The lowest BCUT2D eigenvalue weighted by Gasteiger charge is -2.25. The number of rotatable bonds is 38. The summed E-state index contributed by atoms with van der Waals surface area (Å²) in [4.78, 5) is 23.0. The number of aliphatic hydroxyl groups excluding tert-OH is 1. The molecule has 0 aliphatic heterocycles. The van der Waals surface area contributed by atoms with Crippen LogP contribution in [0.2, 0.25) is 0 Å². The number of phosphoric acid groups is 1. The van der Waals surface area contributed by atoms with Crippen molar-refractivity contribution in [1.82, 2.24) is 5.32 Å². The lowest BCUT2D eigenvalue weighted by atomic mass is 10.0. The average Bonchev–Trinajstić information content (AvgIpc) is 3.07. The van der Waals surface area contributed by atoms with Gasteiger partial charge in [-0.2, -0.15) is 0 Å². The van der Waals surface area contributed by atoms with Crippen LogP contribution in [0.5, 0.6) is 0 Å². The van der Waals surface area contributed by atoms with E-state index in [-0.39, 0.29) is 19.1 Å². The smallest absolute Gasteiger partial charge is 0.387 e. The van der Waals surface area contributed by atoms with Crippen molar-refractivity contribution in [2.75, 3.05) is 40.9 Å². The van der Waals surface area contributed by atoms with E-state index in [2.05, 4.69) is 31.3 Å². The van der Waals surface area contributed by atoms with Gasteiger partial charge in [-0.1, -0.05) is 173 Å². The number of nitrogens with one attached hydrogen (secondary N) is 1. The number of nitrogens with zero attached hydrogens (tertiary/aromatic N) is 1. The lowest BCUT2D eigenvalue weighted by molar-refractivity contribution is -0.870. The number of hydrogen-bond acceptors (Lipinski definition) is 5. The number of likely N-dealkylation sites (N-methyl/N-ethyl adjacent to an activating group) is 1. The number of amides is 1. The number of phosphoric ester groups is 1. The SMILES string of the molecule is CCCCCCCCCC/C=C/CC/C=C/[C@@H](O)[C@H](COP(=O)(O)OCC[N+](C)(C)C)NC(=O)CCCCCCCCCCCCCCCCC. The summed E-state index contributed by atoms with van der Waals surface area (Å²) < 4.78 is 23.5. The van der Waals surface area contributed by atoms with Crippen LogP contribution in [0.15, 0.2) is 24.3 Å². The summed E-state index contributed by atoms with van der Waals surface area (Å²) in [5.41, 5.74) is 0. The Morgan fingerprint density at radius 3 is 1.57 bits per heavy atom. The third-order valence-electron chi connectivity index (χ3n) is 9.42. The Bertz CT molecular complexity index is 891. The third-order valence-corrected chi connectivity index (χ3v) is 10.4. The van der Waals surface area contributed by atoms with Crippen LogP contribution in [0.25, 0.3) is 0 Å². The van der Waals surface area contributed by atoms with E-state index in [1.807, 2.05) is 27.2 Å². The minimum absolute atomic E-state index is 0.0581. The molecule has 0 saturated carbocycles. The molecule has 0 aromatic carbocycles. The van der Waals surface area contributed by atoms with Crippen LogP contribution in [0.3, 0.4) is 0 Å². The first-order valence-electron chi connectivity index (χ1n) is 21.2. The molecule has 0 aromatic heterocycles. The fourth-order valence-electron chi connectivity index (χ4n) is 6.00. The fourth-order valence-corrected chi connectivity index (χ4v) is 6.73. The van der Waals surface area contributed by atoms with E-state index in [4.69, 9.17) is 9.05 Å². The average molecular weight is 744 g/mol. The molecule has 0 aliphatic rings. The summed E-state index contributed by atoms with van der Waals surface area (Å²) in [7, 11) is 1.56. The molecule has 0 aromatic rings. The highest BCUT2D eigenvalue weighted by atomic mass is 31.2. The molecule has 302 valence electrons. The standard InChI is InChI=1S/C42H83N2O6P/c1-6-8-10-12-14-16-18-20-22-24-26-28-30-32-34-36-42(46)43-40(39-50-51(47,48)49-38-37-44(3,4)5)41(45)35-33-31-29-27-25-23-21-19-17-15-13-11-9-7-2/h25,27,33,35,40-41,45H,6-24,26,28-32,34,36-39H2,1-5H3,(H-,43,46,47,48)/p+1/b27-25+,35-33+/t40-,41+/m0/s1. The largest absolute Gasteiger partial charge is 0.472 e. The summed E-state index contributed by atoms with van der Waals surface area (Å²) in [6.07, 6.45) is 39.5. The zero-order valence-corrected chi connectivity index (χ0v) is 35.0. The minimum Gasteiger partial charge on any atom is -0.387 e. The van der Waals surface area contributed by atoms with Crippen molar-refractivity contribution in [3.8, 4) is 0 Å². The number of carbonyl (C=O) groups is 1. The molecule has 3 N–H and O–H groups in total. The Hall–Kier alpha value is -1.02. The van der Waals surface area contributed by atoms with Crippen LogP contribution in [-0.2, 0) is 18.4 Å². The van der Waals surface area contributed by atoms with Gasteiger partial charge in [-0.3, -0.25) is 13.8 Å². The first-order chi connectivity index (χ1) is 24.5. The van der Waals surface area contributed by atoms with Gasteiger partial charge in [0, 0.05) is 6.42 Å². The van der Waals surface area contributed by atoms with Crippen molar-refractivity contribution in [3.63, 3.8) is 0 Å². The van der Waals surface area contributed by atoms with E-state index >= 15 is 0 Å². The number of carbonyl (C=O) groups excluding carboxylic acids is 1. The quantitative estimate of drug-likeness (QED) is 0.0252. The van der Waals surface area contributed by atoms with Crippen LogP contribution < -0.4 is 5.32 Å². The van der Waals surface area contributed by atoms with Gasteiger partial charge in [0.15, 0.2) is 0 Å². The van der Waals surface area contributed by atoms with Crippen LogP contribution in [0.1, 0.15) is 187 Å². The number of aliphatic hydroxyl groups is 1. The van der Waals surface area contributed by atoms with Crippen molar-refractivity contribution in [3.05, 3.63) is 24.3 Å². The molecule has 8 nitrogen and oxygen atoms in total. The maximum atomic E-state index is 12.8. The Morgan fingerprint density at radius 2 is 1.08 bits per heavy atom. The molecule has 51 heavy (non-hydrogen) atoms. The molecule has 0 saturated heterocycles. The summed E-state index contributed by atoms with van der Waals surface area (Å²) in [5.74, 6) is -0.187. The predicted octanol–water partition coefficient (Wildman–Crippen LogP) is 11.4. The van der Waals surface area contributed by atoms with Crippen molar-refractivity contribution in [2.24, 2.45) is 0 Å². The van der Waals surface area contributed by atoms with Crippen LogP contribution >= 0.6 is 7.82 Å². The molecule has 1 unspecified atom stereocenters. The second-order valence-electron chi connectivity index (χ2n) is 15.7. The Kier molecular flexibility index (Phi) is 34.0. The van der Waals surface area contributed by atoms with Crippen molar-refractivity contribution in [1.29, 1.82) is 0 Å². The molecule has 0 rings (SSSR count). The Morgan fingerprint density at radius 1 is 0.647 bits per heavy atom. The predicted molar refractivity (Wildman–Crippen MR) is 217 cm³/mol.